The van der Waals surface area contributed by atoms with Crippen LogP contribution in [0.4, 0.5) is 11.4 Å². The Kier molecular flexibility index (Phi) is 9.60. The monoisotopic (exact) mass is 796 g/mol. The molecule has 0 amide bonds. The Hall–Kier alpha value is -8.15. The van der Waals surface area contributed by atoms with Gasteiger partial charge in [0.05, 0.1) is 22.7 Å². The highest BCUT2D eigenvalue weighted by molar-refractivity contribution is 6.16. The summed E-state index contributed by atoms with van der Waals surface area (Å²) >= 11 is 0. The quantitative estimate of drug-likeness (QED) is 0.146. The van der Waals surface area contributed by atoms with E-state index in [1.165, 1.54) is 22.3 Å². The lowest BCUT2D eigenvalue weighted by atomic mass is 9.94. The molecule has 5 heteroatoms. The predicted octanol–water partition coefficient (Wildman–Crippen LogP) is 14.7. The number of nitrogens with zero attached hydrogens (tertiary/aromatic N) is 4. The average Bonchev–Trinajstić information content (AvgIpc) is 3.76. The van der Waals surface area contributed by atoms with Crippen molar-refractivity contribution in [3.63, 3.8) is 0 Å². The molecule has 0 aliphatic heterocycles. The summed E-state index contributed by atoms with van der Waals surface area (Å²) in [5.41, 5.74) is 13.3. The lowest BCUT2D eigenvalue weighted by Gasteiger charge is -2.34. The van der Waals surface area contributed by atoms with E-state index in [4.69, 9.17) is 19.4 Å². The van der Waals surface area contributed by atoms with E-state index in [1.807, 2.05) is 48.5 Å². The normalized spacial score (nSPS) is 13.6. The van der Waals surface area contributed by atoms with Gasteiger partial charge in [-0.15, -0.1) is 0 Å². The number of fused-ring (bicyclic) bond motifs is 3. The summed E-state index contributed by atoms with van der Waals surface area (Å²) in [6.07, 6.45) is 7.77. The Morgan fingerprint density at radius 2 is 1.00 bits per heavy atom. The first kappa shape index (κ1) is 36.9. The van der Waals surface area contributed by atoms with Crippen LogP contribution in [0.25, 0.3) is 83.9 Å². The first-order valence-electron chi connectivity index (χ1n) is 21.0. The largest absolute Gasteiger partial charge is 0.455 e. The number of para-hydroxylation sites is 1. The minimum Gasteiger partial charge on any atom is -0.455 e. The summed E-state index contributed by atoms with van der Waals surface area (Å²) in [4.78, 5) is 18.0. The molecule has 1 aliphatic carbocycles. The van der Waals surface area contributed by atoms with E-state index in [0.29, 0.717) is 17.5 Å². The molecular formula is C57H40N4O. The Morgan fingerprint density at radius 3 is 1.68 bits per heavy atom. The van der Waals surface area contributed by atoms with E-state index >= 15 is 0 Å². The first-order chi connectivity index (χ1) is 30.7. The Labute approximate surface area is 360 Å². The summed E-state index contributed by atoms with van der Waals surface area (Å²) in [6.45, 7) is 0. The van der Waals surface area contributed by atoms with Gasteiger partial charge in [-0.2, -0.15) is 0 Å². The second-order valence-electron chi connectivity index (χ2n) is 15.5. The second kappa shape index (κ2) is 16.1. The summed E-state index contributed by atoms with van der Waals surface area (Å²) in [6, 6.07) is 71.6. The molecule has 0 spiro atoms. The van der Waals surface area contributed by atoms with Crippen molar-refractivity contribution in [2.45, 2.75) is 12.5 Å². The number of furan rings is 1. The van der Waals surface area contributed by atoms with Gasteiger partial charge in [0.2, 0.25) is 0 Å². The molecule has 62 heavy (non-hydrogen) atoms. The van der Waals surface area contributed by atoms with Gasteiger partial charge in [0.15, 0.2) is 17.5 Å². The number of hydrogen-bond acceptors (Lipinski definition) is 5. The molecule has 0 saturated heterocycles. The van der Waals surface area contributed by atoms with E-state index in [9.17, 15) is 0 Å². The highest BCUT2D eigenvalue weighted by atomic mass is 16.3. The summed E-state index contributed by atoms with van der Waals surface area (Å²) in [7, 11) is 0. The zero-order valence-electron chi connectivity index (χ0n) is 33.8. The lowest BCUT2D eigenvalue weighted by Crippen LogP contribution is -2.30. The third-order valence-electron chi connectivity index (χ3n) is 11.7. The molecule has 5 nitrogen and oxygen atoms in total. The van der Waals surface area contributed by atoms with E-state index in [2.05, 4.69) is 181 Å². The van der Waals surface area contributed by atoms with Crippen molar-refractivity contribution in [1.29, 1.82) is 0 Å². The van der Waals surface area contributed by atoms with Crippen LogP contribution >= 0.6 is 0 Å². The van der Waals surface area contributed by atoms with Gasteiger partial charge in [-0.1, -0.05) is 188 Å². The third-order valence-corrected chi connectivity index (χ3v) is 11.7. The van der Waals surface area contributed by atoms with Crippen LogP contribution in [0.1, 0.15) is 12.0 Å². The van der Waals surface area contributed by atoms with Crippen LogP contribution in [0.5, 0.6) is 0 Å². The van der Waals surface area contributed by atoms with Gasteiger partial charge in [-0.25, -0.2) is 15.0 Å². The number of benzene rings is 8. The Bertz CT molecular complexity index is 3250. The van der Waals surface area contributed by atoms with Gasteiger partial charge >= 0.3 is 0 Å². The van der Waals surface area contributed by atoms with Crippen molar-refractivity contribution in [2.24, 2.45) is 0 Å². The Morgan fingerprint density at radius 1 is 0.452 bits per heavy atom. The second-order valence-corrected chi connectivity index (χ2v) is 15.5. The van der Waals surface area contributed by atoms with Crippen LogP contribution in [0.3, 0.4) is 0 Å². The van der Waals surface area contributed by atoms with Crippen LogP contribution < -0.4 is 4.90 Å². The highest BCUT2D eigenvalue weighted by Crippen LogP contribution is 2.45. The third kappa shape index (κ3) is 7.06. The predicted molar refractivity (Wildman–Crippen MR) is 255 cm³/mol. The van der Waals surface area contributed by atoms with Crippen LogP contribution in [0.15, 0.2) is 229 Å². The van der Waals surface area contributed by atoms with E-state index in [0.717, 1.165) is 67.6 Å². The fourth-order valence-electron chi connectivity index (χ4n) is 8.60. The molecule has 1 unspecified atom stereocenters. The SMILES string of the molecule is C1=CC(N(c2ccc(-c3ccccc3)cc2)c2ccc(-c3nc(-c4ccccc4)nc(-c4cccc(-c5ccccc5)c4)n3)c3oc4ccccc4c23)CC=C1c1ccccc1. The molecule has 0 fully saturated rings. The smallest absolute Gasteiger partial charge is 0.167 e. The summed E-state index contributed by atoms with van der Waals surface area (Å²) in [5, 5.41) is 2.03. The van der Waals surface area contributed by atoms with Crippen LogP contribution in [0.2, 0.25) is 0 Å². The molecular weight excluding hydrogens is 757 g/mol. The van der Waals surface area contributed by atoms with Gasteiger partial charge in [0.25, 0.3) is 0 Å². The van der Waals surface area contributed by atoms with Gasteiger partial charge in [-0.3, -0.25) is 0 Å². The number of aromatic nitrogens is 3. The molecule has 10 aromatic rings. The molecule has 1 aliphatic rings. The van der Waals surface area contributed by atoms with Crippen molar-refractivity contribution < 1.29 is 4.42 Å². The number of anilines is 2. The molecule has 0 radical (unpaired) electrons. The molecule has 2 heterocycles. The van der Waals surface area contributed by atoms with Crippen molar-refractivity contribution in [3.8, 4) is 56.4 Å². The van der Waals surface area contributed by atoms with E-state index in [1.54, 1.807) is 0 Å². The van der Waals surface area contributed by atoms with E-state index in [-0.39, 0.29) is 6.04 Å². The molecule has 11 rings (SSSR count). The average molecular weight is 797 g/mol. The van der Waals surface area contributed by atoms with Gasteiger partial charge in [0.1, 0.15) is 11.2 Å². The zero-order valence-corrected chi connectivity index (χ0v) is 33.8. The summed E-state index contributed by atoms with van der Waals surface area (Å²) < 4.78 is 6.91. The van der Waals surface area contributed by atoms with Gasteiger partial charge < -0.3 is 9.32 Å². The first-order valence-corrected chi connectivity index (χ1v) is 21.0. The van der Waals surface area contributed by atoms with Crippen molar-refractivity contribution in [3.05, 3.63) is 230 Å². The maximum absolute atomic E-state index is 6.91. The summed E-state index contributed by atoms with van der Waals surface area (Å²) in [5.74, 6) is 1.73. The van der Waals surface area contributed by atoms with Crippen molar-refractivity contribution >= 4 is 38.9 Å². The van der Waals surface area contributed by atoms with Crippen molar-refractivity contribution in [2.75, 3.05) is 4.90 Å². The molecule has 0 saturated carbocycles. The van der Waals surface area contributed by atoms with Gasteiger partial charge in [-0.05, 0) is 76.2 Å². The molecule has 8 aromatic carbocycles. The van der Waals surface area contributed by atoms with Crippen LogP contribution in [-0.4, -0.2) is 21.0 Å². The fraction of sp³-hybridized carbons (Fsp3) is 0.0351. The number of allylic oxidation sites excluding steroid dienone is 2. The standard InChI is InChI=1S/C57H40N4O/c1-5-16-39(17-6-1)42-28-32-47(33-29-42)61(48-34-30-43(31-35-48)40-18-7-2-8-19-40)51-37-36-50(54-53(51)49-26-13-14-27-52(49)62-54)57-59-55(44-22-11-4-12-23-44)58-56(60-57)46-25-15-24-45(38-46)41-20-9-3-10-21-41/h1-34,36-38,48H,35H2. The molecule has 2 aromatic heterocycles. The number of rotatable bonds is 9. The molecule has 1 atom stereocenters. The van der Waals surface area contributed by atoms with Crippen LogP contribution in [-0.2, 0) is 0 Å². The maximum Gasteiger partial charge on any atom is 0.167 e. The molecule has 0 bridgehead atoms. The van der Waals surface area contributed by atoms with Crippen LogP contribution in [0, 0.1) is 0 Å². The lowest BCUT2D eigenvalue weighted by molar-refractivity contribution is 0.669. The maximum atomic E-state index is 6.91. The minimum atomic E-state index is 0.0260. The zero-order chi connectivity index (χ0) is 41.2. The molecule has 0 N–H and O–H groups in total. The van der Waals surface area contributed by atoms with Gasteiger partial charge in [0, 0.05) is 22.2 Å². The highest BCUT2D eigenvalue weighted by Gasteiger charge is 2.27. The molecule has 294 valence electrons. The topological polar surface area (TPSA) is 55.1 Å². The van der Waals surface area contributed by atoms with E-state index < -0.39 is 0 Å². The van der Waals surface area contributed by atoms with Crippen molar-refractivity contribution in [1.82, 2.24) is 15.0 Å². The number of hydrogen-bond donors (Lipinski definition) is 0. The fourth-order valence-corrected chi connectivity index (χ4v) is 8.60. The Balaban J connectivity index is 1.09. The minimum absolute atomic E-state index is 0.0260.